The number of carbonyl (C=O) groups excluding carboxylic acids is 2. The molecule has 3 rings (SSSR count). The number of nitrogens with one attached hydrogen (secondary N) is 2. The van der Waals surface area contributed by atoms with E-state index in [-0.39, 0.29) is 35.6 Å². The third-order valence-electron chi connectivity index (χ3n) is 8.16. The van der Waals surface area contributed by atoms with Gasteiger partial charge in [0.25, 0.3) is 0 Å². The first-order valence-corrected chi connectivity index (χ1v) is 18.2. The van der Waals surface area contributed by atoms with Crippen molar-refractivity contribution in [2.24, 2.45) is 0 Å². The van der Waals surface area contributed by atoms with Gasteiger partial charge in [0.2, 0.25) is 11.8 Å². The second-order valence-corrected chi connectivity index (χ2v) is 14.6. The Bertz CT molecular complexity index is 1270. The van der Waals surface area contributed by atoms with E-state index in [1.807, 2.05) is 0 Å². The molecule has 0 aromatic heterocycles. The zero-order valence-corrected chi connectivity index (χ0v) is 31.3. The van der Waals surface area contributed by atoms with Gasteiger partial charge in [-0.1, -0.05) is 47.6 Å². The molecule has 0 spiro atoms. The fourth-order valence-corrected chi connectivity index (χ4v) is 5.15. The van der Waals surface area contributed by atoms with Crippen LogP contribution < -0.4 is 25.4 Å². The molecule has 0 atom stereocenters. The van der Waals surface area contributed by atoms with E-state index < -0.39 is 0 Å². The number of hydrogen-bond acceptors (Lipinski definition) is 8. The third kappa shape index (κ3) is 16.7. The smallest absolute Gasteiger partial charge is 0.226 e. The normalized spacial score (nSPS) is 15.8. The maximum atomic E-state index is 12.7. The highest BCUT2D eigenvalue weighted by molar-refractivity contribution is 5.91. The van der Waals surface area contributed by atoms with Gasteiger partial charge in [0.15, 0.2) is 11.5 Å². The minimum absolute atomic E-state index is 0.0369. The van der Waals surface area contributed by atoms with Gasteiger partial charge in [-0.2, -0.15) is 0 Å². The van der Waals surface area contributed by atoms with Gasteiger partial charge in [-0.25, -0.2) is 0 Å². The summed E-state index contributed by atoms with van der Waals surface area (Å²) in [5.41, 5.74) is 4.86. The van der Waals surface area contributed by atoms with E-state index in [0.717, 1.165) is 25.9 Å². The summed E-state index contributed by atoms with van der Waals surface area (Å²) in [5, 5.41) is 8.08. The van der Waals surface area contributed by atoms with Crippen molar-refractivity contribution in [3.8, 4) is 11.5 Å². The molecule has 1 aliphatic rings. The Kier molecular flexibility index (Phi) is 18.0. The lowest BCUT2D eigenvalue weighted by molar-refractivity contribution is -0.670. The Morgan fingerprint density at radius 3 is 1.74 bits per heavy atom. The standard InChI is InChI=1S/C39H61N3O8/c1-38(2,3)31-25-30(26-32(27-31)39(4,5)6)29-40-13-8-7-9-36(43)41-14-12-37(44)42-33-10-11-34-35(28-33)50-24-22-48-20-18-46-16-15-45-17-19-47-21-23-49-34/h10-11,25-28,40H,7-9,12-24,29H2,1-6H3,(H,41,43)(H,42,44)/p+1. The first-order chi connectivity index (χ1) is 23.9. The average Bonchev–Trinajstić information content (AvgIpc) is 3.05. The fraction of sp³-hybridized carbons (Fsp3) is 0.641. The van der Waals surface area contributed by atoms with Crippen LogP contribution in [-0.2, 0) is 45.9 Å². The number of rotatable bonds is 11. The minimum Gasteiger partial charge on any atom is -0.487 e. The summed E-state index contributed by atoms with van der Waals surface area (Å²) in [6.07, 6.45) is 2.36. The molecule has 0 aliphatic carbocycles. The molecule has 50 heavy (non-hydrogen) atoms. The molecular formula is C39H62N3O8+. The van der Waals surface area contributed by atoms with Crippen molar-refractivity contribution in [3.05, 3.63) is 53.1 Å². The Hall–Kier alpha value is -3.22. The quantitative estimate of drug-likeness (QED) is 0.293. The topological polar surface area (TPSA) is 130 Å². The first-order valence-electron chi connectivity index (χ1n) is 18.2. The number of benzene rings is 2. The lowest BCUT2D eigenvalue weighted by atomic mass is 9.79. The molecule has 0 bridgehead atoms. The van der Waals surface area contributed by atoms with Gasteiger partial charge < -0.3 is 44.4 Å². The Labute approximate surface area is 299 Å². The van der Waals surface area contributed by atoms with Crippen molar-refractivity contribution in [3.63, 3.8) is 0 Å². The predicted octanol–water partition coefficient (Wildman–Crippen LogP) is 4.50. The van der Waals surface area contributed by atoms with Crippen LogP contribution in [0, 0.1) is 0 Å². The van der Waals surface area contributed by atoms with Crippen LogP contribution in [0.5, 0.6) is 11.5 Å². The van der Waals surface area contributed by atoms with E-state index in [1.54, 1.807) is 18.2 Å². The Balaban J connectivity index is 1.35. The molecule has 0 radical (unpaired) electrons. The Morgan fingerprint density at radius 1 is 0.640 bits per heavy atom. The molecule has 2 aromatic carbocycles. The molecule has 2 amide bonds. The van der Waals surface area contributed by atoms with Crippen LogP contribution in [0.4, 0.5) is 5.69 Å². The lowest BCUT2D eigenvalue weighted by Gasteiger charge is -2.26. The lowest BCUT2D eigenvalue weighted by Crippen LogP contribution is -2.82. The largest absolute Gasteiger partial charge is 0.487 e. The molecule has 0 saturated carbocycles. The maximum Gasteiger partial charge on any atom is 0.226 e. The zero-order chi connectivity index (χ0) is 36.2. The second-order valence-electron chi connectivity index (χ2n) is 14.6. The van der Waals surface area contributed by atoms with E-state index in [1.165, 1.54) is 16.7 Å². The summed E-state index contributed by atoms with van der Waals surface area (Å²) in [4.78, 5) is 25.1. The highest BCUT2D eigenvalue weighted by atomic mass is 16.6. The van der Waals surface area contributed by atoms with Crippen LogP contribution in [0.15, 0.2) is 36.4 Å². The summed E-state index contributed by atoms with van der Waals surface area (Å²) in [5.74, 6) is 0.794. The number of ether oxygens (including phenoxy) is 6. The van der Waals surface area contributed by atoms with Gasteiger partial charge in [-0.05, 0) is 59.1 Å². The van der Waals surface area contributed by atoms with E-state index in [0.29, 0.717) is 89.7 Å². The Morgan fingerprint density at radius 2 is 1.18 bits per heavy atom. The summed E-state index contributed by atoms with van der Waals surface area (Å²) in [6, 6.07) is 12.3. The van der Waals surface area contributed by atoms with Gasteiger partial charge in [0.1, 0.15) is 19.8 Å². The maximum absolute atomic E-state index is 12.7. The van der Waals surface area contributed by atoms with Crippen molar-refractivity contribution < 1.29 is 43.3 Å². The van der Waals surface area contributed by atoms with E-state index in [2.05, 4.69) is 75.7 Å². The van der Waals surface area contributed by atoms with Crippen molar-refractivity contribution in [1.82, 2.24) is 5.32 Å². The molecule has 0 unspecified atom stereocenters. The molecule has 0 saturated heterocycles. The number of fused-ring (bicyclic) bond motifs is 1. The first kappa shape index (κ1) is 41.2. The summed E-state index contributed by atoms with van der Waals surface area (Å²) < 4.78 is 33.9. The monoisotopic (exact) mass is 700 g/mol. The molecule has 1 heterocycles. The van der Waals surface area contributed by atoms with Crippen molar-refractivity contribution >= 4 is 17.5 Å². The second kappa shape index (κ2) is 21.9. The third-order valence-corrected chi connectivity index (χ3v) is 8.16. The SMILES string of the molecule is CC(C)(C)c1cc(C[NH2+]CCCCC(=O)NCCC(=O)Nc2ccc3c(c2)OCCOCCOCCOCCOCCO3)cc(C(C)(C)C)c1. The molecule has 4 N–H and O–H groups in total. The van der Waals surface area contributed by atoms with Gasteiger partial charge >= 0.3 is 0 Å². The molecule has 11 heteroatoms. The average molecular weight is 701 g/mol. The van der Waals surface area contributed by atoms with Crippen LogP contribution in [-0.4, -0.2) is 91.0 Å². The number of unbranched alkanes of at least 4 members (excludes halogenated alkanes) is 1. The number of anilines is 1. The van der Waals surface area contributed by atoms with Gasteiger partial charge in [-0.15, -0.1) is 0 Å². The van der Waals surface area contributed by atoms with E-state index in [4.69, 9.17) is 28.4 Å². The fourth-order valence-electron chi connectivity index (χ4n) is 5.15. The van der Waals surface area contributed by atoms with Gasteiger partial charge in [0.05, 0.1) is 59.4 Å². The van der Waals surface area contributed by atoms with Crippen molar-refractivity contribution in [1.29, 1.82) is 0 Å². The van der Waals surface area contributed by atoms with Crippen LogP contribution in [0.2, 0.25) is 0 Å². The predicted molar refractivity (Wildman–Crippen MR) is 195 cm³/mol. The number of hydrogen-bond donors (Lipinski definition) is 3. The number of nitrogens with two attached hydrogens (primary N) is 1. The molecule has 11 nitrogen and oxygen atoms in total. The minimum atomic E-state index is -0.204. The van der Waals surface area contributed by atoms with Crippen LogP contribution in [0.25, 0.3) is 0 Å². The molecule has 1 aliphatic heterocycles. The van der Waals surface area contributed by atoms with E-state index >= 15 is 0 Å². The molecule has 280 valence electrons. The molecular weight excluding hydrogens is 638 g/mol. The van der Waals surface area contributed by atoms with Crippen molar-refractivity contribution in [2.45, 2.75) is 84.6 Å². The van der Waals surface area contributed by atoms with Crippen LogP contribution in [0.1, 0.15) is 83.9 Å². The molecule has 0 fully saturated rings. The number of amides is 2. The highest BCUT2D eigenvalue weighted by Crippen LogP contribution is 2.31. The highest BCUT2D eigenvalue weighted by Gasteiger charge is 2.21. The number of carbonyl (C=O) groups is 2. The van der Waals surface area contributed by atoms with E-state index in [9.17, 15) is 9.59 Å². The zero-order valence-electron chi connectivity index (χ0n) is 31.3. The van der Waals surface area contributed by atoms with Crippen molar-refractivity contribution in [2.75, 3.05) is 84.5 Å². The van der Waals surface area contributed by atoms with Crippen LogP contribution >= 0.6 is 0 Å². The molecule has 2 aromatic rings. The van der Waals surface area contributed by atoms with Gasteiger partial charge in [-0.3, -0.25) is 9.59 Å². The van der Waals surface area contributed by atoms with Crippen LogP contribution in [0.3, 0.4) is 0 Å². The summed E-state index contributed by atoms with van der Waals surface area (Å²) in [7, 11) is 0. The summed E-state index contributed by atoms with van der Waals surface area (Å²) >= 11 is 0. The summed E-state index contributed by atoms with van der Waals surface area (Å²) in [6.45, 7) is 20.0. The number of quaternary nitrogens is 1. The van der Waals surface area contributed by atoms with Gasteiger partial charge in [0, 0.05) is 36.7 Å².